The van der Waals surface area contributed by atoms with Gasteiger partial charge in [0.1, 0.15) is 5.75 Å². The summed E-state index contributed by atoms with van der Waals surface area (Å²) < 4.78 is 7.77. The molecular weight excluding hydrogens is 374 g/mol. The summed E-state index contributed by atoms with van der Waals surface area (Å²) in [4.78, 5) is 6.99. The summed E-state index contributed by atoms with van der Waals surface area (Å²) in [6.07, 6.45) is 7.62. The molecular formula is C24H25N5O. The number of nitrogens with zero attached hydrogens (tertiary/aromatic N) is 5. The van der Waals surface area contributed by atoms with Crippen LogP contribution in [0.1, 0.15) is 36.0 Å². The molecule has 1 aromatic heterocycles. The molecule has 1 aliphatic rings. The standard InChI is InChI=1S/C24H25N5O/c1-18-15-23(19(2)14-22(18)26-17-28-11-4-3-5-12-28)30-24-10-13-29(27-24)21-8-6-20(16-25)7-9-21/h6-10,13-15,17H,3-5,11-12H2,1-2H3/b26-17+. The van der Waals surface area contributed by atoms with E-state index < -0.39 is 0 Å². The highest BCUT2D eigenvalue weighted by atomic mass is 16.5. The fraction of sp³-hybridized carbons (Fsp3) is 0.292. The van der Waals surface area contributed by atoms with Crippen molar-refractivity contribution < 1.29 is 4.74 Å². The van der Waals surface area contributed by atoms with E-state index in [1.54, 1.807) is 16.8 Å². The van der Waals surface area contributed by atoms with Gasteiger partial charge in [0.2, 0.25) is 5.88 Å². The summed E-state index contributed by atoms with van der Waals surface area (Å²) in [5, 5.41) is 13.4. The van der Waals surface area contributed by atoms with Crippen molar-refractivity contribution in [3.63, 3.8) is 0 Å². The molecule has 2 aromatic carbocycles. The molecule has 0 bridgehead atoms. The first-order chi connectivity index (χ1) is 14.6. The molecule has 0 atom stereocenters. The predicted octanol–water partition coefficient (Wildman–Crippen LogP) is 5.30. The number of piperidine rings is 1. The van der Waals surface area contributed by atoms with E-state index in [4.69, 9.17) is 15.0 Å². The quantitative estimate of drug-likeness (QED) is 0.431. The minimum atomic E-state index is 0.520. The summed E-state index contributed by atoms with van der Waals surface area (Å²) >= 11 is 0. The third-order valence-corrected chi connectivity index (χ3v) is 5.28. The molecule has 0 spiro atoms. The molecule has 0 aliphatic carbocycles. The van der Waals surface area contributed by atoms with Crippen molar-refractivity contribution in [2.45, 2.75) is 33.1 Å². The molecule has 4 rings (SSSR count). The molecule has 0 amide bonds. The Morgan fingerprint density at radius 3 is 2.53 bits per heavy atom. The first-order valence-corrected chi connectivity index (χ1v) is 10.3. The summed E-state index contributed by atoms with van der Waals surface area (Å²) in [7, 11) is 0. The van der Waals surface area contributed by atoms with Crippen LogP contribution in [0.3, 0.4) is 0 Å². The normalized spacial score (nSPS) is 14.1. The summed E-state index contributed by atoms with van der Waals surface area (Å²) in [5.74, 6) is 1.29. The highest BCUT2D eigenvalue weighted by Crippen LogP contribution is 2.31. The molecule has 0 N–H and O–H groups in total. The lowest BCUT2D eigenvalue weighted by Crippen LogP contribution is -2.28. The summed E-state index contributed by atoms with van der Waals surface area (Å²) in [6.45, 7) is 6.24. The number of aliphatic imine (C=N–C) groups is 1. The molecule has 152 valence electrons. The highest BCUT2D eigenvalue weighted by molar-refractivity contribution is 5.65. The predicted molar refractivity (Wildman–Crippen MR) is 118 cm³/mol. The Balaban J connectivity index is 1.48. The fourth-order valence-electron chi connectivity index (χ4n) is 3.51. The first-order valence-electron chi connectivity index (χ1n) is 10.3. The van der Waals surface area contributed by atoms with Crippen LogP contribution in [0.5, 0.6) is 11.6 Å². The topological polar surface area (TPSA) is 66.4 Å². The van der Waals surface area contributed by atoms with Gasteiger partial charge in [-0.05, 0) is 80.6 Å². The zero-order valence-electron chi connectivity index (χ0n) is 17.4. The van der Waals surface area contributed by atoms with E-state index >= 15 is 0 Å². The highest BCUT2D eigenvalue weighted by Gasteiger charge is 2.10. The van der Waals surface area contributed by atoms with Crippen molar-refractivity contribution >= 4 is 12.0 Å². The van der Waals surface area contributed by atoms with Gasteiger partial charge in [0.15, 0.2) is 0 Å². The number of nitriles is 1. The minimum absolute atomic E-state index is 0.520. The Kier molecular flexibility index (Phi) is 5.80. The molecule has 1 aliphatic heterocycles. The van der Waals surface area contributed by atoms with Crippen LogP contribution in [-0.2, 0) is 0 Å². The second-order valence-corrected chi connectivity index (χ2v) is 7.60. The number of ether oxygens (including phenoxy) is 1. The van der Waals surface area contributed by atoms with E-state index in [1.165, 1.54) is 19.3 Å². The van der Waals surface area contributed by atoms with E-state index in [-0.39, 0.29) is 0 Å². The van der Waals surface area contributed by atoms with Crippen LogP contribution in [0.25, 0.3) is 5.69 Å². The summed E-state index contributed by atoms with van der Waals surface area (Å²) in [6, 6.07) is 15.3. The first kappa shape index (κ1) is 19.7. The number of benzene rings is 2. The van der Waals surface area contributed by atoms with Gasteiger partial charge in [-0.15, -0.1) is 5.10 Å². The van der Waals surface area contributed by atoms with Gasteiger partial charge in [-0.2, -0.15) is 5.26 Å². The van der Waals surface area contributed by atoms with E-state index in [0.717, 1.165) is 41.3 Å². The maximum absolute atomic E-state index is 8.93. The second-order valence-electron chi connectivity index (χ2n) is 7.60. The SMILES string of the molecule is Cc1cc(Oc2ccn(-c3ccc(C#N)cc3)n2)c(C)cc1/N=C/N1CCCCC1. The van der Waals surface area contributed by atoms with Crippen molar-refractivity contribution in [3.05, 3.63) is 65.4 Å². The van der Waals surface area contributed by atoms with Gasteiger partial charge in [0, 0.05) is 25.4 Å². The van der Waals surface area contributed by atoms with Crippen LogP contribution < -0.4 is 4.74 Å². The van der Waals surface area contributed by atoms with Gasteiger partial charge < -0.3 is 9.64 Å². The van der Waals surface area contributed by atoms with Gasteiger partial charge >= 0.3 is 0 Å². The number of likely N-dealkylation sites (tertiary alicyclic amines) is 1. The van der Waals surface area contributed by atoms with E-state index in [0.29, 0.717) is 11.4 Å². The van der Waals surface area contributed by atoms with Gasteiger partial charge in [0.25, 0.3) is 0 Å². The lowest BCUT2D eigenvalue weighted by Gasteiger charge is -2.23. The van der Waals surface area contributed by atoms with E-state index in [2.05, 4.69) is 22.1 Å². The monoisotopic (exact) mass is 399 g/mol. The van der Waals surface area contributed by atoms with Crippen LogP contribution in [0.2, 0.25) is 0 Å². The molecule has 1 fully saturated rings. The number of aromatic nitrogens is 2. The van der Waals surface area contributed by atoms with E-state index in [1.807, 2.05) is 50.6 Å². The van der Waals surface area contributed by atoms with Gasteiger partial charge in [-0.3, -0.25) is 0 Å². The second kappa shape index (κ2) is 8.83. The van der Waals surface area contributed by atoms with Crippen LogP contribution in [0, 0.1) is 25.2 Å². The number of hydrogen-bond acceptors (Lipinski definition) is 4. The lowest BCUT2D eigenvalue weighted by molar-refractivity contribution is 0.351. The molecule has 2 heterocycles. The molecule has 30 heavy (non-hydrogen) atoms. The zero-order chi connectivity index (χ0) is 20.9. The van der Waals surface area contributed by atoms with Crippen molar-refractivity contribution in [1.29, 1.82) is 5.26 Å². The average Bonchev–Trinajstić information content (AvgIpc) is 3.24. The summed E-state index contributed by atoms with van der Waals surface area (Å²) in [5.41, 5.74) is 4.54. The lowest BCUT2D eigenvalue weighted by atomic mass is 10.1. The van der Waals surface area contributed by atoms with Gasteiger partial charge in [0.05, 0.1) is 29.3 Å². The van der Waals surface area contributed by atoms with Crippen LogP contribution in [-0.4, -0.2) is 34.1 Å². The largest absolute Gasteiger partial charge is 0.437 e. The van der Waals surface area contributed by atoms with Crippen LogP contribution in [0.4, 0.5) is 5.69 Å². The van der Waals surface area contributed by atoms with Crippen molar-refractivity contribution in [2.75, 3.05) is 13.1 Å². The molecule has 0 radical (unpaired) electrons. The van der Waals surface area contributed by atoms with Crippen LogP contribution in [0.15, 0.2) is 53.7 Å². The Hall–Kier alpha value is -3.59. The smallest absolute Gasteiger partial charge is 0.238 e. The fourth-order valence-corrected chi connectivity index (χ4v) is 3.51. The third kappa shape index (κ3) is 4.52. The Morgan fingerprint density at radius 1 is 1.03 bits per heavy atom. The van der Waals surface area contributed by atoms with Gasteiger partial charge in [-0.1, -0.05) is 0 Å². The molecule has 6 heteroatoms. The number of aryl methyl sites for hydroxylation is 2. The van der Waals surface area contributed by atoms with Crippen molar-refractivity contribution in [3.8, 4) is 23.4 Å². The maximum Gasteiger partial charge on any atom is 0.238 e. The Labute approximate surface area is 177 Å². The van der Waals surface area contributed by atoms with E-state index in [9.17, 15) is 0 Å². The molecule has 0 unspecified atom stereocenters. The zero-order valence-corrected chi connectivity index (χ0v) is 17.4. The molecule has 3 aromatic rings. The van der Waals surface area contributed by atoms with Crippen LogP contribution >= 0.6 is 0 Å². The Morgan fingerprint density at radius 2 is 1.80 bits per heavy atom. The molecule has 6 nitrogen and oxygen atoms in total. The molecule has 1 saturated heterocycles. The van der Waals surface area contributed by atoms with Gasteiger partial charge in [-0.25, -0.2) is 9.67 Å². The van der Waals surface area contributed by atoms with Crippen molar-refractivity contribution in [1.82, 2.24) is 14.7 Å². The number of hydrogen-bond donors (Lipinski definition) is 0. The Bertz CT molecular complexity index is 1090. The minimum Gasteiger partial charge on any atom is -0.437 e. The van der Waals surface area contributed by atoms with Crippen molar-refractivity contribution in [2.24, 2.45) is 4.99 Å². The average molecular weight is 399 g/mol. The maximum atomic E-state index is 8.93. The number of rotatable bonds is 5. The third-order valence-electron chi connectivity index (χ3n) is 5.28. The molecule has 0 saturated carbocycles.